The molecule has 1 saturated carbocycles. The topological polar surface area (TPSA) is 110 Å². The normalized spacial score (nSPS) is 28.9. The van der Waals surface area contributed by atoms with Gasteiger partial charge in [-0.15, -0.1) is 0 Å². The van der Waals surface area contributed by atoms with Crippen LogP contribution >= 0.6 is 11.6 Å². The Bertz CT molecular complexity index is 1890. The fraction of sp³-hybridized carbons (Fsp3) is 0.568. The second kappa shape index (κ2) is 15.0. The quantitative estimate of drug-likeness (QED) is 0.188. The number of carboxylic acids is 1. The van der Waals surface area contributed by atoms with Crippen LogP contribution in [0.4, 0.5) is 5.69 Å². The summed E-state index contributed by atoms with van der Waals surface area (Å²) in [5.41, 5.74) is 4.46. The Kier molecular flexibility index (Phi) is 10.3. The minimum atomic E-state index is -1.09. The Morgan fingerprint density at radius 1 is 1.09 bits per heavy atom. The molecule has 288 valence electrons. The molecular formula is C44H54ClN3O6. The largest absolute Gasteiger partial charge is 0.493 e. The number of hydrogen-bond acceptors (Lipinski definition) is 8. The number of carbonyl (C=O) groups excluding carboxylic acids is 1. The Hall–Kier alpha value is -3.82. The molecular weight excluding hydrogens is 702 g/mol. The zero-order chi connectivity index (χ0) is 37.6. The van der Waals surface area contributed by atoms with E-state index in [-0.39, 0.29) is 29.3 Å². The van der Waals surface area contributed by atoms with Crippen molar-refractivity contribution in [2.75, 3.05) is 31.6 Å². The van der Waals surface area contributed by atoms with Crippen molar-refractivity contribution in [1.82, 2.24) is 9.88 Å². The number of nitrogens with one attached hydrogen (secondary N) is 1. The molecule has 1 aromatic heterocycles. The lowest BCUT2D eigenvalue weighted by Gasteiger charge is -2.47. The van der Waals surface area contributed by atoms with E-state index in [4.69, 9.17) is 25.8 Å². The average Bonchev–Trinajstić information content (AvgIpc) is 3.66. The van der Waals surface area contributed by atoms with Crippen molar-refractivity contribution in [3.63, 3.8) is 0 Å². The van der Waals surface area contributed by atoms with Crippen LogP contribution in [0.15, 0.2) is 48.7 Å². The maximum atomic E-state index is 13.1. The molecule has 5 aliphatic rings. The van der Waals surface area contributed by atoms with Crippen LogP contribution in [0.25, 0.3) is 0 Å². The molecule has 3 aromatic rings. The molecule has 54 heavy (non-hydrogen) atoms. The SMILES string of the molecule is CC(=O)CCCN1C[C@@H]2Oc3cc4c(cc3O[C@@H]2C1)C1(CCC(Nc2cccc(Cl)c2)(C(=O)O)CC1)[C@@H](C[C@@H](C)COc1ccnc2c1[C@H](C)CCC2)C4. The number of fused-ring (bicyclic) bond motifs is 5. The van der Waals surface area contributed by atoms with Gasteiger partial charge in [0.05, 0.1) is 6.61 Å². The lowest BCUT2D eigenvalue weighted by atomic mass is 9.59. The molecule has 10 heteroatoms. The van der Waals surface area contributed by atoms with E-state index in [1.54, 1.807) is 19.1 Å². The van der Waals surface area contributed by atoms with E-state index in [0.717, 1.165) is 87.5 Å². The molecule has 0 unspecified atom stereocenters. The standard InChI is InChI=1S/C44H54ClN3O6/c1-27(26-52-36-12-17-46-35-11-4-7-28(2)41(35)36)19-31-20-30-21-37-38(54-40-25-48(24-39(40)53-37)18-6-8-29(3)49)23-34(30)43(31)13-15-44(16-14-43,42(50)51)47-33-10-5-9-32(45)22-33/h5,9-10,12,17,21-23,27-28,31,39-40,47H,4,6-8,11,13-16,18-20,24-26H2,1-3H3,(H,50,51)/t27-,28-,31+,39+,40-,43?,44?/m1/s1. The number of carboxylic acid groups (broad SMARTS) is 1. The van der Waals surface area contributed by atoms with Crippen LogP contribution in [0, 0.1) is 11.8 Å². The van der Waals surface area contributed by atoms with E-state index in [9.17, 15) is 14.7 Å². The van der Waals surface area contributed by atoms with E-state index in [2.05, 4.69) is 41.2 Å². The Balaban J connectivity index is 1.04. The highest BCUT2D eigenvalue weighted by atomic mass is 35.5. The molecule has 1 saturated heterocycles. The number of likely N-dealkylation sites (tertiary alicyclic amines) is 1. The number of pyridine rings is 1. The van der Waals surface area contributed by atoms with Crippen LogP contribution in [0.3, 0.4) is 0 Å². The zero-order valence-corrected chi connectivity index (χ0v) is 32.6. The predicted octanol–water partition coefficient (Wildman–Crippen LogP) is 8.39. The van der Waals surface area contributed by atoms with Gasteiger partial charge in [0.2, 0.25) is 0 Å². The number of aryl methyl sites for hydroxylation is 1. The number of halogens is 1. The number of aromatic nitrogens is 1. The fourth-order valence-electron chi connectivity index (χ4n) is 10.4. The molecule has 0 amide bonds. The third kappa shape index (κ3) is 7.18. The number of ketones is 1. The van der Waals surface area contributed by atoms with Crippen LogP contribution < -0.4 is 19.5 Å². The summed E-state index contributed by atoms with van der Waals surface area (Å²) in [6.07, 6.45) is 10.9. The van der Waals surface area contributed by atoms with Gasteiger partial charge in [-0.2, -0.15) is 0 Å². The van der Waals surface area contributed by atoms with Gasteiger partial charge in [0.1, 0.15) is 29.3 Å². The molecule has 0 bridgehead atoms. The number of anilines is 1. The predicted molar refractivity (Wildman–Crippen MR) is 209 cm³/mol. The number of carbonyl (C=O) groups is 2. The smallest absolute Gasteiger partial charge is 0.329 e. The molecule has 3 heterocycles. The summed E-state index contributed by atoms with van der Waals surface area (Å²) in [5, 5.41) is 14.7. The highest BCUT2D eigenvalue weighted by Gasteiger charge is 2.55. The monoisotopic (exact) mass is 755 g/mol. The summed E-state index contributed by atoms with van der Waals surface area (Å²) in [6.45, 7) is 9.27. The van der Waals surface area contributed by atoms with Gasteiger partial charge in [-0.05, 0) is 148 Å². The van der Waals surface area contributed by atoms with Crippen molar-refractivity contribution in [3.05, 3.63) is 76.1 Å². The van der Waals surface area contributed by atoms with Crippen LogP contribution in [-0.4, -0.2) is 70.7 Å². The van der Waals surface area contributed by atoms with E-state index in [1.807, 2.05) is 24.4 Å². The number of ether oxygens (including phenoxy) is 3. The molecule has 8 rings (SSSR count). The van der Waals surface area contributed by atoms with Gasteiger partial charge in [-0.1, -0.05) is 31.5 Å². The lowest BCUT2D eigenvalue weighted by Crippen LogP contribution is -2.53. The molecule has 5 atom stereocenters. The molecule has 2 aliphatic heterocycles. The summed E-state index contributed by atoms with van der Waals surface area (Å²) in [4.78, 5) is 31.6. The van der Waals surface area contributed by atoms with E-state index < -0.39 is 11.5 Å². The van der Waals surface area contributed by atoms with Crippen molar-refractivity contribution >= 4 is 29.0 Å². The molecule has 2 aromatic carbocycles. The van der Waals surface area contributed by atoms with Gasteiger partial charge >= 0.3 is 5.97 Å². The highest BCUT2D eigenvalue weighted by molar-refractivity contribution is 6.30. The van der Waals surface area contributed by atoms with Gasteiger partial charge in [-0.3, -0.25) is 9.88 Å². The number of Topliss-reactive ketones (excluding diaryl/α,β-unsaturated/α-hetero) is 1. The number of nitrogens with zero attached hydrogens (tertiary/aromatic N) is 2. The van der Waals surface area contributed by atoms with Crippen LogP contribution in [0.5, 0.6) is 17.2 Å². The van der Waals surface area contributed by atoms with Crippen molar-refractivity contribution in [1.29, 1.82) is 0 Å². The van der Waals surface area contributed by atoms with E-state index in [0.29, 0.717) is 42.7 Å². The van der Waals surface area contributed by atoms with Crippen molar-refractivity contribution < 1.29 is 28.9 Å². The first-order chi connectivity index (χ1) is 26.0. The van der Waals surface area contributed by atoms with Crippen molar-refractivity contribution in [2.45, 2.75) is 120 Å². The molecule has 2 N–H and O–H groups in total. The Labute approximate surface area is 324 Å². The van der Waals surface area contributed by atoms with E-state index >= 15 is 0 Å². The van der Waals surface area contributed by atoms with Crippen molar-refractivity contribution in [3.8, 4) is 17.2 Å². The van der Waals surface area contributed by atoms with Gasteiger partial charge < -0.3 is 29.4 Å². The summed E-state index contributed by atoms with van der Waals surface area (Å²) in [7, 11) is 0. The molecule has 2 fully saturated rings. The fourth-order valence-corrected chi connectivity index (χ4v) is 10.6. The minimum absolute atomic E-state index is 0.0405. The average molecular weight is 756 g/mol. The van der Waals surface area contributed by atoms with Crippen LogP contribution in [0.2, 0.25) is 5.02 Å². The molecule has 1 spiro atoms. The number of benzene rings is 2. The Morgan fingerprint density at radius 3 is 2.57 bits per heavy atom. The van der Waals surface area contributed by atoms with Crippen molar-refractivity contribution in [2.24, 2.45) is 11.8 Å². The first kappa shape index (κ1) is 37.1. The van der Waals surface area contributed by atoms with Crippen LogP contribution in [0.1, 0.15) is 107 Å². The van der Waals surface area contributed by atoms with Gasteiger partial charge in [-0.25, -0.2) is 4.79 Å². The van der Waals surface area contributed by atoms with E-state index in [1.165, 1.54) is 28.8 Å². The minimum Gasteiger partial charge on any atom is -0.493 e. The summed E-state index contributed by atoms with van der Waals surface area (Å²) < 4.78 is 20.0. The van der Waals surface area contributed by atoms with Crippen LogP contribution in [-0.2, 0) is 27.8 Å². The first-order valence-corrected chi connectivity index (χ1v) is 20.5. The summed E-state index contributed by atoms with van der Waals surface area (Å²) in [6, 6.07) is 13.8. The molecule has 9 nitrogen and oxygen atoms in total. The van der Waals surface area contributed by atoms with Gasteiger partial charge in [0.15, 0.2) is 11.5 Å². The third-order valence-electron chi connectivity index (χ3n) is 13.2. The molecule has 0 radical (unpaired) electrons. The maximum Gasteiger partial charge on any atom is 0.329 e. The molecule has 3 aliphatic carbocycles. The maximum absolute atomic E-state index is 13.1. The zero-order valence-electron chi connectivity index (χ0n) is 31.9. The first-order valence-electron chi connectivity index (χ1n) is 20.1. The van der Waals surface area contributed by atoms with Gasteiger partial charge in [0.25, 0.3) is 0 Å². The van der Waals surface area contributed by atoms with Gasteiger partial charge in [0, 0.05) is 47.7 Å². The summed E-state index contributed by atoms with van der Waals surface area (Å²) in [5.74, 6) is 3.02. The number of hydrogen-bond donors (Lipinski definition) is 2. The lowest BCUT2D eigenvalue weighted by molar-refractivity contribution is -0.144. The Morgan fingerprint density at radius 2 is 1.85 bits per heavy atom. The number of rotatable bonds is 12. The summed E-state index contributed by atoms with van der Waals surface area (Å²) >= 11 is 6.31. The highest BCUT2D eigenvalue weighted by Crippen LogP contribution is 2.58. The second-order valence-corrected chi connectivity index (χ2v) is 17.5. The number of aliphatic carboxylic acids is 1. The third-order valence-corrected chi connectivity index (χ3v) is 13.4. The second-order valence-electron chi connectivity index (χ2n) is 17.0.